The van der Waals surface area contributed by atoms with Crippen molar-refractivity contribution in [2.45, 2.75) is 37.8 Å². The fourth-order valence-electron chi connectivity index (χ4n) is 3.63. The summed E-state index contributed by atoms with van der Waals surface area (Å²) in [5, 5.41) is 6.45. The van der Waals surface area contributed by atoms with E-state index in [2.05, 4.69) is 10.6 Å². The Kier molecular flexibility index (Phi) is 6.04. The monoisotopic (exact) mass is 425 g/mol. The lowest BCUT2D eigenvalue weighted by molar-refractivity contribution is -0.131. The Bertz CT molecular complexity index is 928. The highest BCUT2D eigenvalue weighted by molar-refractivity contribution is 6.30. The summed E-state index contributed by atoms with van der Waals surface area (Å²) in [7, 11) is 0. The zero-order valence-electron chi connectivity index (χ0n) is 16.5. The molecular weight excluding hydrogens is 402 g/mol. The highest BCUT2D eigenvalue weighted by Gasteiger charge is 2.37. The average molecular weight is 426 g/mol. The minimum atomic E-state index is -0.666. The van der Waals surface area contributed by atoms with Gasteiger partial charge in [-0.05, 0) is 42.7 Å². The molecule has 6 nitrogen and oxygen atoms in total. The Balaban J connectivity index is 1.43. The molecule has 0 spiro atoms. The van der Waals surface area contributed by atoms with Crippen molar-refractivity contribution >= 4 is 35.0 Å². The third-order valence-electron chi connectivity index (χ3n) is 5.47. The van der Waals surface area contributed by atoms with Crippen LogP contribution in [0.25, 0.3) is 0 Å². The van der Waals surface area contributed by atoms with Gasteiger partial charge in [0.1, 0.15) is 6.04 Å². The molecule has 1 heterocycles. The zero-order chi connectivity index (χ0) is 21.1. The molecule has 1 saturated heterocycles. The predicted octanol–water partition coefficient (Wildman–Crippen LogP) is 2.70. The molecule has 30 heavy (non-hydrogen) atoms. The van der Waals surface area contributed by atoms with Gasteiger partial charge in [0, 0.05) is 36.1 Å². The molecule has 156 valence electrons. The molecule has 1 aliphatic carbocycles. The van der Waals surface area contributed by atoms with E-state index in [1.807, 2.05) is 30.3 Å². The highest BCUT2D eigenvalue weighted by atomic mass is 35.5. The molecule has 0 aromatic heterocycles. The SMILES string of the molecule is O=C(NC(Cc1ccccc1)C(=O)NC1CC1)C1CC(=O)N(c2ccc(Cl)cc2)C1. The summed E-state index contributed by atoms with van der Waals surface area (Å²) < 4.78 is 0. The van der Waals surface area contributed by atoms with Crippen LogP contribution in [0.2, 0.25) is 5.02 Å². The van der Waals surface area contributed by atoms with Gasteiger partial charge in [-0.15, -0.1) is 0 Å². The van der Waals surface area contributed by atoms with E-state index in [1.54, 1.807) is 29.2 Å². The second kappa shape index (κ2) is 8.88. The molecule has 3 amide bonds. The minimum absolute atomic E-state index is 0.112. The first kappa shape index (κ1) is 20.4. The second-order valence-electron chi connectivity index (χ2n) is 7.92. The van der Waals surface area contributed by atoms with E-state index in [4.69, 9.17) is 11.6 Å². The molecule has 1 saturated carbocycles. The van der Waals surface area contributed by atoms with E-state index < -0.39 is 12.0 Å². The Labute approximate surface area is 180 Å². The van der Waals surface area contributed by atoms with E-state index in [0.717, 1.165) is 18.4 Å². The van der Waals surface area contributed by atoms with Gasteiger partial charge in [0.2, 0.25) is 17.7 Å². The van der Waals surface area contributed by atoms with Crippen LogP contribution < -0.4 is 15.5 Å². The molecule has 0 radical (unpaired) electrons. The first-order valence-corrected chi connectivity index (χ1v) is 10.6. The molecule has 0 bridgehead atoms. The van der Waals surface area contributed by atoms with E-state index in [0.29, 0.717) is 17.1 Å². The lowest BCUT2D eigenvalue weighted by Gasteiger charge is -2.21. The lowest BCUT2D eigenvalue weighted by atomic mass is 10.0. The smallest absolute Gasteiger partial charge is 0.243 e. The van der Waals surface area contributed by atoms with Crippen LogP contribution in [-0.2, 0) is 20.8 Å². The predicted molar refractivity (Wildman–Crippen MR) is 115 cm³/mol. The number of nitrogens with zero attached hydrogens (tertiary/aromatic N) is 1. The van der Waals surface area contributed by atoms with Gasteiger partial charge in [0.15, 0.2) is 0 Å². The van der Waals surface area contributed by atoms with Gasteiger partial charge in [-0.25, -0.2) is 0 Å². The minimum Gasteiger partial charge on any atom is -0.352 e. The summed E-state index contributed by atoms with van der Waals surface area (Å²) >= 11 is 5.92. The molecule has 7 heteroatoms. The standard InChI is InChI=1S/C23H24ClN3O3/c24-17-6-10-19(11-7-17)27-14-16(13-21(27)28)22(29)26-20(23(30)25-18-8-9-18)12-15-4-2-1-3-5-15/h1-7,10-11,16,18,20H,8-9,12-14H2,(H,25,30)(H,26,29). The van der Waals surface area contributed by atoms with Crippen molar-refractivity contribution in [3.05, 3.63) is 65.2 Å². The summed E-state index contributed by atoms with van der Waals surface area (Å²) in [5.41, 5.74) is 1.69. The van der Waals surface area contributed by atoms with Crippen molar-refractivity contribution in [2.75, 3.05) is 11.4 Å². The summed E-state index contributed by atoms with van der Waals surface area (Å²) in [6.45, 7) is 0.286. The Hall–Kier alpha value is -2.86. The molecule has 2 atom stereocenters. The fraction of sp³-hybridized carbons (Fsp3) is 0.348. The molecule has 1 aliphatic heterocycles. The van der Waals surface area contributed by atoms with Gasteiger partial charge in [-0.1, -0.05) is 41.9 Å². The Morgan fingerprint density at radius 3 is 2.43 bits per heavy atom. The number of benzene rings is 2. The molecule has 2 aromatic rings. The number of hydrogen-bond acceptors (Lipinski definition) is 3. The maximum absolute atomic E-state index is 12.9. The van der Waals surface area contributed by atoms with Crippen molar-refractivity contribution in [1.82, 2.24) is 10.6 Å². The van der Waals surface area contributed by atoms with Gasteiger partial charge in [-0.3, -0.25) is 14.4 Å². The Morgan fingerprint density at radius 1 is 1.07 bits per heavy atom. The van der Waals surface area contributed by atoms with Crippen molar-refractivity contribution < 1.29 is 14.4 Å². The number of rotatable bonds is 7. The summed E-state index contributed by atoms with van der Waals surface area (Å²) in [6, 6.07) is 16.1. The van der Waals surface area contributed by atoms with Gasteiger partial charge >= 0.3 is 0 Å². The summed E-state index contributed by atoms with van der Waals surface area (Å²) in [6.07, 6.45) is 2.49. The van der Waals surface area contributed by atoms with Gasteiger partial charge < -0.3 is 15.5 Å². The van der Waals surface area contributed by atoms with Crippen LogP contribution in [0.5, 0.6) is 0 Å². The van der Waals surface area contributed by atoms with Crippen molar-refractivity contribution in [1.29, 1.82) is 0 Å². The number of hydrogen-bond donors (Lipinski definition) is 2. The van der Waals surface area contributed by atoms with Crippen LogP contribution in [0, 0.1) is 5.92 Å². The van der Waals surface area contributed by atoms with E-state index in [9.17, 15) is 14.4 Å². The lowest BCUT2D eigenvalue weighted by Crippen LogP contribution is -2.50. The topological polar surface area (TPSA) is 78.5 Å². The van der Waals surface area contributed by atoms with Crippen LogP contribution in [0.15, 0.2) is 54.6 Å². The largest absolute Gasteiger partial charge is 0.352 e. The normalized spacial score (nSPS) is 19.4. The van der Waals surface area contributed by atoms with Gasteiger partial charge in [-0.2, -0.15) is 0 Å². The van der Waals surface area contributed by atoms with Crippen molar-refractivity contribution in [3.8, 4) is 0 Å². The highest BCUT2D eigenvalue weighted by Crippen LogP contribution is 2.26. The molecule has 2 unspecified atom stereocenters. The fourth-order valence-corrected chi connectivity index (χ4v) is 3.76. The molecule has 2 aliphatic rings. The number of carbonyl (C=O) groups excluding carboxylic acids is 3. The Morgan fingerprint density at radius 2 is 1.77 bits per heavy atom. The molecular formula is C23H24ClN3O3. The first-order chi connectivity index (χ1) is 14.5. The van der Waals surface area contributed by atoms with Gasteiger partial charge in [0.05, 0.1) is 5.92 Å². The summed E-state index contributed by atoms with van der Waals surface area (Å²) in [5.74, 6) is -1.06. The van der Waals surface area contributed by atoms with Crippen molar-refractivity contribution in [2.24, 2.45) is 5.92 Å². The van der Waals surface area contributed by atoms with E-state index in [1.165, 1.54) is 0 Å². The number of anilines is 1. The van der Waals surface area contributed by atoms with Crippen LogP contribution >= 0.6 is 11.6 Å². The first-order valence-electron chi connectivity index (χ1n) is 10.2. The maximum atomic E-state index is 12.9. The van der Waals surface area contributed by atoms with Crippen LogP contribution in [0.4, 0.5) is 5.69 Å². The third kappa shape index (κ3) is 5.00. The van der Waals surface area contributed by atoms with E-state index >= 15 is 0 Å². The van der Waals surface area contributed by atoms with Crippen molar-refractivity contribution in [3.63, 3.8) is 0 Å². The molecule has 2 N–H and O–H groups in total. The molecule has 2 fully saturated rings. The van der Waals surface area contributed by atoms with Crippen LogP contribution in [0.1, 0.15) is 24.8 Å². The molecule has 4 rings (SSSR count). The number of halogens is 1. The van der Waals surface area contributed by atoms with Crippen LogP contribution in [0.3, 0.4) is 0 Å². The molecule has 2 aromatic carbocycles. The third-order valence-corrected chi connectivity index (χ3v) is 5.73. The van der Waals surface area contributed by atoms with Gasteiger partial charge in [0.25, 0.3) is 0 Å². The van der Waals surface area contributed by atoms with Crippen LogP contribution in [-0.4, -0.2) is 36.3 Å². The quantitative estimate of drug-likeness (QED) is 0.715. The average Bonchev–Trinajstić information content (AvgIpc) is 3.47. The second-order valence-corrected chi connectivity index (χ2v) is 8.35. The number of amides is 3. The number of nitrogens with one attached hydrogen (secondary N) is 2. The van der Waals surface area contributed by atoms with E-state index in [-0.39, 0.29) is 36.7 Å². The zero-order valence-corrected chi connectivity index (χ0v) is 17.3. The maximum Gasteiger partial charge on any atom is 0.243 e. The number of carbonyl (C=O) groups is 3. The summed E-state index contributed by atoms with van der Waals surface area (Å²) in [4.78, 5) is 39.7.